The molecule has 1 fully saturated rings. The zero-order chi connectivity index (χ0) is 14.8. The van der Waals surface area contributed by atoms with Crippen LogP contribution in [0, 0.1) is 0 Å². The van der Waals surface area contributed by atoms with Crippen LogP contribution in [0.1, 0.15) is 24.4 Å². The standard InChI is InChI=1S/C13H20N2O4S/c1-18-9-3-5-11(13(7-9)19-2)12-6-4-10(8-15-12)20(14,16)17/h3,5,7,10,12,15H,4,6,8H2,1-2H3,(H2,14,16,17). The van der Waals surface area contributed by atoms with E-state index in [-0.39, 0.29) is 6.04 Å². The lowest BCUT2D eigenvalue weighted by atomic mass is 9.96. The topological polar surface area (TPSA) is 90.7 Å². The van der Waals surface area contributed by atoms with Gasteiger partial charge in [-0.15, -0.1) is 0 Å². The highest BCUT2D eigenvalue weighted by atomic mass is 32.2. The molecule has 7 heteroatoms. The molecule has 1 saturated heterocycles. The summed E-state index contributed by atoms with van der Waals surface area (Å²) in [5, 5.41) is 7.89. The van der Waals surface area contributed by atoms with Crippen molar-refractivity contribution in [1.29, 1.82) is 0 Å². The monoisotopic (exact) mass is 300 g/mol. The highest BCUT2D eigenvalue weighted by Gasteiger charge is 2.29. The first kappa shape index (κ1) is 15.1. The lowest BCUT2D eigenvalue weighted by molar-refractivity contribution is 0.366. The molecule has 6 nitrogen and oxygen atoms in total. The minimum absolute atomic E-state index is 0.0638. The van der Waals surface area contributed by atoms with E-state index in [2.05, 4.69) is 5.32 Å². The molecule has 2 atom stereocenters. The van der Waals surface area contributed by atoms with Crippen molar-refractivity contribution in [3.05, 3.63) is 23.8 Å². The summed E-state index contributed by atoms with van der Waals surface area (Å²) in [5.74, 6) is 1.46. The van der Waals surface area contributed by atoms with Crippen LogP contribution in [0.15, 0.2) is 18.2 Å². The summed E-state index contributed by atoms with van der Waals surface area (Å²) in [5.41, 5.74) is 1.00. The van der Waals surface area contributed by atoms with Gasteiger partial charge in [0.1, 0.15) is 11.5 Å². The molecule has 2 unspecified atom stereocenters. The van der Waals surface area contributed by atoms with Crippen molar-refractivity contribution in [2.45, 2.75) is 24.1 Å². The summed E-state index contributed by atoms with van der Waals surface area (Å²) in [7, 11) is -0.265. The number of ether oxygens (including phenoxy) is 2. The van der Waals surface area contributed by atoms with E-state index < -0.39 is 15.3 Å². The van der Waals surface area contributed by atoms with Gasteiger partial charge in [-0.2, -0.15) is 0 Å². The van der Waals surface area contributed by atoms with E-state index >= 15 is 0 Å². The molecule has 0 spiro atoms. The van der Waals surface area contributed by atoms with Crippen LogP contribution >= 0.6 is 0 Å². The molecule has 112 valence electrons. The number of hydrogen-bond donors (Lipinski definition) is 2. The normalized spacial score (nSPS) is 23.4. The Hall–Kier alpha value is -1.31. The molecule has 2 rings (SSSR count). The van der Waals surface area contributed by atoms with E-state index in [1.165, 1.54) is 0 Å². The maximum absolute atomic E-state index is 11.3. The Labute approximate surface area is 119 Å². The van der Waals surface area contributed by atoms with Gasteiger partial charge in [0.2, 0.25) is 10.0 Å². The number of sulfonamides is 1. The summed E-state index contributed by atoms with van der Waals surface area (Å²) < 4.78 is 33.2. The molecule has 0 aromatic heterocycles. The Morgan fingerprint density at radius 2 is 2.00 bits per heavy atom. The minimum Gasteiger partial charge on any atom is -0.497 e. The van der Waals surface area contributed by atoms with E-state index in [0.717, 1.165) is 17.1 Å². The lowest BCUT2D eigenvalue weighted by Crippen LogP contribution is -2.43. The van der Waals surface area contributed by atoms with E-state index in [0.29, 0.717) is 19.4 Å². The summed E-state index contributed by atoms with van der Waals surface area (Å²) in [6, 6.07) is 5.69. The fourth-order valence-electron chi connectivity index (χ4n) is 2.48. The SMILES string of the molecule is COc1ccc(C2CCC(S(N)(=O)=O)CN2)c(OC)c1. The van der Waals surface area contributed by atoms with Gasteiger partial charge in [-0.05, 0) is 18.9 Å². The van der Waals surface area contributed by atoms with Crippen molar-refractivity contribution in [1.82, 2.24) is 5.32 Å². The lowest BCUT2D eigenvalue weighted by Gasteiger charge is -2.29. The third-order valence-electron chi connectivity index (χ3n) is 3.65. The zero-order valence-corrected chi connectivity index (χ0v) is 12.4. The molecule has 0 aliphatic carbocycles. The summed E-state index contributed by atoms with van der Waals surface area (Å²) in [4.78, 5) is 0. The van der Waals surface area contributed by atoms with Gasteiger partial charge in [0, 0.05) is 24.2 Å². The van der Waals surface area contributed by atoms with E-state index in [9.17, 15) is 8.42 Å². The number of primary sulfonamides is 1. The van der Waals surface area contributed by atoms with Gasteiger partial charge in [0.25, 0.3) is 0 Å². The fourth-order valence-corrected chi connectivity index (χ4v) is 3.28. The quantitative estimate of drug-likeness (QED) is 0.857. The second-order valence-electron chi connectivity index (χ2n) is 4.86. The smallest absolute Gasteiger partial charge is 0.213 e. The second kappa shape index (κ2) is 5.99. The number of rotatable bonds is 4. The van der Waals surface area contributed by atoms with Crippen molar-refractivity contribution in [2.24, 2.45) is 5.14 Å². The molecule has 0 saturated carbocycles. The molecule has 1 aliphatic rings. The van der Waals surface area contributed by atoms with Crippen LogP contribution in [0.4, 0.5) is 0 Å². The maximum Gasteiger partial charge on any atom is 0.213 e. The molecule has 1 heterocycles. The molecule has 1 aliphatic heterocycles. The number of hydrogen-bond acceptors (Lipinski definition) is 5. The average molecular weight is 300 g/mol. The van der Waals surface area contributed by atoms with Gasteiger partial charge >= 0.3 is 0 Å². The van der Waals surface area contributed by atoms with Gasteiger partial charge in [0.15, 0.2) is 0 Å². The second-order valence-corrected chi connectivity index (χ2v) is 6.70. The van der Waals surface area contributed by atoms with Crippen molar-refractivity contribution < 1.29 is 17.9 Å². The first-order chi connectivity index (χ1) is 9.45. The van der Waals surface area contributed by atoms with Gasteiger partial charge in [0.05, 0.1) is 19.5 Å². The van der Waals surface area contributed by atoms with Crippen LogP contribution in [0.25, 0.3) is 0 Å². The van der Waals surface area contributed by atoms with Gasteiger partial charge in [-0.3, -0.25) is 0 Å². The molecule has 1 aromatic rings. The minimum atomic E-state index is -3.47. The van der Waals surface area contributed by atoms with Crippen LogP contribution in [-0.4, -0.2) is 34.4 Å². The van der Waals surface area contributed by atoms with E-state index in [4.69, 9.17) is 14.6 Å². The maximum atomic E-state index is 11.3. The molecule has 0 radical (unpaired) electrons. The van der Waals surface area contributed by atoms with Crippen LogP contribution < -0.4 is 19.9 Å². The highest BCUT2D eigenvalue weighted by Crippen LogP contribution is 2.33. The Morgan fingerprint density at radius 3 is 2.50 bits per heavy atom. The van der Waals surface area contributed by atoms with E-state index in [1.54, 1.807) is 14.2 Å². The molecule has 0 bridgehead atoms. The molecular formula is C13H20N2O4S. The van der Waals surface area contributed by atoms with Crippen LogP contribution in [-0.2, 0) is 10.0 Å². The largest absolute Gasteiger partial charge is 0.497 e. The fraction of sp³-hybridized carbons (Fsp3) is 0.538. The van der Waals surface area contributed by atoms with Gasteiger partial charge in [-0.25, -0.2) is 13.6 Å². The van der Waals surface area contributed by atoms with Crippen LogP contribution in [0.3, 0.4) is 0 Å². The predicted molar refractivity (Wildman–Crippen MR) is 76.4 cm³/mol. The summed E-state index contributed by atoms with van der Waals surface area (Å²) in [6.07, 6.45) is 1.25. The summed E-state index contributed by atoms with van der Waals surface area (Å²) >= 11 is 0. The van der Waals surface area contributed by atoms with Crippen LogP contribution in [0.5, 0.6) is 11.5 Å². The third kappa shape index (κ3) is 3.23. The van der Waals surface area contributed by atoms with Crippen molar-refractivity contribution in [3.8, 4) is 11.5 Å². The first-order valence-corrected chi connectivity index (χ1v) is 8.03. The zero-order valence-electron chi connectivity index (χ0n) is 11.6. The number of nitrogens with one attached hydrogen (secondary N) is 1. The molecular weight excluding hydrogens is 280 g/mol. The average Bonchev–Trinajstić information content (AvgIpc) is 2.45. The van der Waals surface area contributed by atoms with E-state index in [1.807, 2.05) is 18.2 Å². The highest BCUT2D eigenvalue weighted by molar-refractivity contribution is 7.89. The molecule has 3 N–H and O–H groups in total. The van der Waals surface area contributed by atoms with Crippen LogP contribution in [0.2, 0.25) is 0 Å². The summed E-state index contributed by atoms with van der Waals surface area (Å²) in [6.45, 7) is 0.360. The Kier molecular flexibility index (Phi) is 4.52. The Morgan fingerprint density at radius 1 is 1.25 bits per heavy atom. The van der Waals surface area contributed by atoms with Crippen molar-refractivity contribution in [3.63, 3.8) is 0 Å². The first-order valence-electron chi connectivity index (χ1n) is 6.42. The number of nitrogens with two attached hydrogens (primary N) is 1. The van der Waals surface area contributed by atoms with Crippen molar-refractivity contribution in [2.75, 3.05) is 20.8 Å². The Bertz CT molecular complexity index is 566. The third-order valence-corrected chi connectivity index (χ3v) is 4.98. The number of methoxy groups -OCH3 is 2. The predicted octanol–water partition coefficient (Wildman–Crippen LogP) is 0.785. The van der Waals surface area contributed by atoms with Gasteiger partial charge in [-0.1, -0.05) is 6.07 Å². The molecule has 0 amide bonds. The Balaban J connectivity index is 2.14. The number of piperidine rings is 1. The van der Waals surface area contributed by atoms with Crippen molar-refractivity contribution >= 4 is 10.0 Å². The molecule has 1 aromatic carbocycles. The number of benzene rings is 1. The molecule has 20 heavy (non-hydrogen) atoms. The van der Waals surface area contributed by atoms with Gasteiger partial charge < -0.3 is 14.8 Å².